The molecule has 24 heavy (non-hydrogen) atoms. The molecule has 0 amide bonds. The second kappa shape index (κ2) is 5.72. The summed E-state index contributed by atoms with van der Waals surface area (Å²) >= 11 is 0. The Bertz CT molecular complexity index is 958. The number of aromatic nitrogens is 3. The van der Waals surface area contributed by atoms with E-state index < -0.39 is 10.0 Å². The molecule has 0 aliphatic carbocycles. The van der Waals surface area contributed by atoms with Gasteiger partial charge < -0.3 is 0 Å². The van der Waals surface area contributed by atoms with E-state index in [4.69, 9.17) is 5.26 Å². The SMILES string of the molecule is CC1Cc2cc(C(=O)Cn3cnc(C#N)n3)ccc2N1S(C)(=O)=O. The number of Topliss-reactive ketones (excluding diaryl/α,β-unsaturated/α-hetero) is 1. The molecule has 0 radical (unpaired) electrons. The van der Waals surface area contributed by atoms with Crippen LogP contribution in [-0.4, -0.2) is 41.3 Å². The summed E-state index contributed by atoms with van der Waals surface area (Å²) in [6, 6.07) is 6.63. The lowest BCUT2D eigenvalue weighted by molar-refractivity contribution is 0.0967. The number of carbonyl (C=O) groups is 1. The van der Waals surface area contributed by atoms with E-state index in [1.807, 2.05) is 6.92 Å². The molecule has 9 heteroatoms. The van der Waals surface area contributed by atoms with E-state index in [0.29, 0.717) is 17.7 Å². The maximum Gasteiger partial charge on any atom is 0.252 e. The predicted molar refractivity (Wildman–Crippen MR) is 86.0 cm³/mol. The van der Waals surface area contributed by atoms with E-state index in [2.05, 4.69) is 10.1 Å². The zero-order valence-corrected chi connectivity index (χ0v) is 14.0. The molecule has 1 unspecified atom stereocenters. The van der Waals surface area contributed by atoms with E-state index >= 15 is 0 Å². The van der Waals surface area contributed by atoms with Crippen LogP contribution in [0.3, 0.4) is 0 Å². The largest absolute Gasteiger partial charge is 0.292 e. The van der Waals surface area contributed by atoms with Crippen LogP contribution in [0.1, 0.15) is 28.7 Å². The summed E-state index contributed by atoms with van der Waals surface area (Å²) in [4.78, 5) is 16.1. The molecule has 0 saturated heterocycles. The van der Waals surface area contributed by atoms with Gasteiger partial charge in [0.25, 0.3) is 5.82 Å². The number of benzene rings is 1. The van der Waals surface area contributed by atoms with Crippen molar-refractivity contribution in [1.82, 2.24) is 14.8 Å². The van der Waals surface area contributed by atoms with Gasteiger partial charge in [0.1, 0.15) is 18.9 Å². The van der Waals surface area contributed by atoms with Crippen molar-refractivity contribution in [2.45, 2.75) is 25.9 Å². The smallest absolute Gasteiger partial charge is 0.252 e. The summed E-state index contributed by atoms with van der Waals surface area (Å²) in [5, 5.41) is 12.6. The first kappa shape index (κ1) is 16.1. The highest BCUT2D eigenvalue weighted by molar-refractivity contribution is 7.92. The standard InChI is InChI=1S/C15H15N5O3S/c1-10-5-12-6-11(3-4-13(12)20(10)24(2,22)23)14(21)8-19-9-17-15(7-16)18-19/h3-4,6,9-10H,5,8H2,1-2H3. The molecule has 0 spiro atoms. The number of anilines is 1. The topological polar surface area (TPSA) is 109 Å². The van der Waals surface area contributed by atoms with Crippen molar-refractivity contribution in [3.63, 3.8) is 0 Å². The molecule has 0 saturated carbocycles. The fourth-order valence-electron chi connectivity index (χ4n) is 2.94. The summed E-state index contributed by atoms with van der Waals surface area (Å²) in [6.07, 6.45) is 3.07. The minimum atomic E-state index is -3.35. The van der Waals surface area contributed by atoms with Crippen molar-refractivity contribution in [3.05, 3.63) is 41.5 Å². The van der Waals surface area contributed by atoms with Gasteiger partial charge in [0.05, 0.1) is 11.9 Å². The molecule has 2 aromatic rings. The van der Waals surface area contributed by atoms with Crippen LogP contribution in [0.25, 0.3) is 0 Å². The van der Waals surface area contributed by atoms with Crippen LogP contribution in [0.5, 0.6) is 0 Å². The highest BCUT2D eigenvalue weighted by Gasteiger charge is 2.32. The molecule has 3 rings (SSSR count). The highest BCUT2D eigenvalue weighted by atomic mass is 32.2. The summed E-state index contributed by atoms with van der Waals surface area (Å²) in [5.74, 6) is -0.174. The number of hydrogen-bond acceptors (Lipinski definition) is 6. The highest BCUT2D eigenvalue weighted by Crippen LogP contribution is 2.34. The van der Waals surface area contributed by atoms with Crippen LogP contribution in [0.2, 0.25) is 0 Å². The normalized spacial score (nSPS) is 16.7. The molecule has 0 fully saturated rings. The van der Waals surface area contributed by atoms with Gasteiger partial charge >= 0.3 is 0 Å². The van der Waals surface area contributed by atoms with Crippen molar-refractivity contribution < 1.29 is 13.2 Å². The summed E-state index contributed by atoms with van der Waals surface area (Å²) in [5.41, 5.74) is 1.93. The number of ketones is 1. The molecular formula is C15H15N5O3S. The third-order valence-electron chi connectivity index (χ3n) is 3.85. The van der Waals surface area contributed by atoms with E-state index in [1.54, 1.807) is 24.3 Å². The first-order chi connectivity index (χ1) is 11.3. The molecule has 1 aromatic carbocycles. The van der Waals surface area contributed by atoms with Crippen LogP contribution in [0.4, 0.5) is 5.69 Å². The van der Waals surface area contributed by atoms with E-state index in [0.717, 1.165) is 5.56 Å². The Kier molecular flexibility index (Phi) is 3.85. The first-order valence-corrected chi connectivity index (χ1v) is 9.09. The quantitative estimate of drug-likeness (QED) is 0.756. The van der Waals surface area contributed by atoms with Crippen molar-refractivity contribution >= 4 is 21.5 Å². The zero-order valence-electron chi connectivity index (χ0n) is 13.2. The fraction of sp³-hybridized carbons (Fsp3) is 0.333. The Hall–Kier alpha value is -2.73. The predicted octanol–water partition coefficient (Wildman–Crippen LogP) is 0.743. The van der Waals surface area contributed by atoms with Gasteiger partial charge in [0.15, 0.2) is 5.78 Å². The van der Waals surface area contributed by atoms with E-state index in [9.17, 15) is 13.2 Å². The molecule has 2 heterocycles. The Morgan fingerprint density at radius 3 is 2.83 bits per heavy atom. The maximum atomic E-state index is 12.4. The molecule has 1 aliphatic heterocycles. The van der Waals surface area contributed by atoms with E-state index in [1.165, 1.54) is 21.6 Å². The van der Waals surface area contributed by atoms with Gasteiger partial charge in [-0.1, -0.05) is 0 Å². The minimum Gasteiger partial charge on any atom is -0.292 e. The van der Waals surface area contributed by atoms with Crippen molar-refractivity contribution in [2.75, 3.05) is 10.6 Å². The van der Waals surface area contributed by atoms with Crippen molar-refractivity contribution in [3.8, 4) is 6.07 Å². The Morgan fingerprint density at radius 2 is 2.21 bits per heavy atom. The van der Waals surface area contributed by atoms with Crippen LogP contribution >= 0.6 is 0 Å². The van der Waals surface area contributed by atoms with Crippen molar-refractivity contribution in [2.24, 2.45) is 0 Å². The molecule has 1 atom stereocenters. The molecular weight excluding hydrogens is 330 g/mol. The summed E-state index contributed by atoms with van der Waals surface area (Å²) < 4.78 is 26.5. The van der Waals surface area contributed by atoms with Gasteiger partial charge in [-0.05, 0) is 37.1 Å². The van der Waals surface area contributed by atoms with Crippen LogP contribution in [-0.2, 0) is 23.0 Å². The van der Waals surface area contributed by atoms with Crippen molar-refractivity contribution in [1.29, 1.82) is 5.26 Å². The Labute approximate surface area is 139 Å². The third kappa shape index (κ3) is 2.88. The number of sulfonamides is 1. The average molecular weight is 345 g/mol. The number of nitriles is 1. The van der Waals surface area contributed by atoms with Gasteiger partial charge in [0.2, 0.25) is 10.0 Å². The second-order valence-corrected chi connectivity index (χ2v) is 7.62. The Balaban J connectivity index is 1.86. The molecule has 0 N–H and O–H groups in total. The number of hydrogen-bond donors (Lipinski definition) is 0. The number of fused-ring (bicyclic) bond motifs is 1. The minimum absolute atomic E-state index is 0.00868. The average Bonchev–Trinajstić information content (AvgIpc) is 3.08. The molecule has 124 valence electrons. The number of carbonyl (C=O) groups excluding carboxylic acids is 1. The molecule has 8 nitrogen and oxygen atoms in total. The second-order valence-electron chi connectivity index (χ2n) is 5.76. The third-order valence-corrected chi connectivity index (χ3v) is 5.13. The number of rotatable bonds is 4. The van der Waals surface area contributed by atoms with Gasteiger partial charge in [-0.15, -0.1) is 5.10 Å². The number of nitrogens with zero attached hydrogens (tertiary/aromatic N) is 5. The Morgan fingerprint density at radius 1 is 1.46 bits per heavy atom. The summed E-state index contributed by atoms with van der Waals surface area (Å²) in [7, 11) is -3.35. The first-order valence-electron chi connectivity index (χ1n) is 7.24. The summed E-state index contributed by atoms with van der Waals surface area (Å²) in [6.45, 7) is 1.81. The molecule has 0 bridgehead atoms. The lowest BCUT2D eigenvalue weighted by Crippen LogP contribution is -2.34. The fourth-order valence-corrected chi connectivity index (χ4v) is 4.21. The lowest BCUT2D eigenvalue weighted by Gasteiger charge is -2.21. The van der Waals surface area contributed by atoms with Gasteiger partial charge in [0, 0.05) is 11.6 Å². The van der Waals surface area contributed by atoms with Crippen LogP contribution in [0.15, 0.2) is 24.5 Å². The zero-order chi connectivity index (χ0) is 17.5. The van der Waals surface area contributed by atoms with E-state index in [-0.39, 0.29) is 24.2 Å². The van der Waals surface area contributed by atoms with Gasteiger partial charge in [-0.3, -0.25) is 9.10 Å². The monoisotopic (exact) mass is 345 g/mol. The van der Waals surface area contributed by atoms with Crippen LogP contribution in [0, 0.1) is 11.3 Å². The van der Waals surface area contributed by atoms with Gasteiger partial charge in [-0.25, -0.2) is 18.1 Å². The van der Waals surface area contributed by atoms with Crippen LogP contribution < -0.4 is 4.31 Å². The molecule has 1 aliphatic rings. The maximum absolute atomic E-state index is 12.4. The molecule has 1 aromatic heterocycles. The lowest BCUT2D eigenvalue weighted by atomic mass is 10.0. The van der Waals surface area contributed by atoms with Gasteiger partial charge in [-0.2, -0.15) is 5.26 Å².